The standard InChI is InChI=1S/C7H11N3O2/c8-2-1-3-9-7(11)6-4-12-5-10-6/h4-5H,1-3,8H2,(H,9,11). The van der Waals surface area contributed by atoms with Gasteiger partial charge in [-0.1, -0.05) is 0 Å². The minimum absolute atomic E-state index is 0.225. The van der Waals surface area contributed by atoms with Crippen LogP contribution in [0.15, 0.2) is 17.1 Å². The number of rotatable bonds is 4. The fourth-order valence-corrected chi connectivity index (χ4v) is 0.719. The molecule has 0 aliphatic heterocycles. The third-order valence-electron chi connectivity index (χ3n) is 1.33. The van der Waals surface area contributed by atoms with Gasteiger partial charge in [-0.3, -0.25) is 4.79 Å². The number of hydrogen-bond acceptors (Lipinski definition) is 4. The van der Waals surface area contributed by atoms with Gasteiger partial charge in [-0.25, -0.2) is 4.98 Å². The Morgan fingerprint density at radius 2 is 2.58 bits per heavy atom. The predicted octanol–water partition coefficient (Wildman–Crippen LogP) is -0.247. The van der Waals surface area contributed by atoms with Crippen LogP contribution in [-0.2, 0) is 0 Å². The number of nitrogens with one attached hydrogen (secondary N) is 1. The van der Waals surface area contributed by atoms with Gasteiger partial charge in [0.1, 0.15) is 6.26 Å². The van der Waals surface area contributed by atoms with Crippen LogP contribution in [0.4, 0.5) is 0 Å². The van der Waals surface area contributed by atoms with Crippen molar-refractivity contribution in [2.24, 2.45) is 5.73 Å². The van der Waals surface area contributed by atoms with E-state index in [1.54, 1.807) is 0 Å². The zero-order valence-electron chi connectivity index (χ0n) is 6.62. The number of aromatic nitrogens is 1. The van der Waals surface area contributed by atoms with Crippen molar-refractivity contribution < 1.29 is 9.21 Å². The maximum atomic E-state index is 11.1. The van der Waals surface area contributed by atoms with E-state index in [9.17, 15) is 4.79 Å². The summed E-state index contributed by atoms with van der Waals surface area (Å²) in [5.41, 5.74) is 5.55. The molecule has 1 aromatic heterocycles. The van der Waals surface area contributed by atoms with E-state index in [1.807, 2.05) is 0 Å². The van der Waals surface area contributed by atoms with Gasteiger partial charge in [0.25, 0.3) is 5.91 Å². The molecule has 1 rings (SSSR count). The van der Waals surface area contributed by atoms with Crippen molar-refractivity contribution in [3.8, 4) is 0 Å². The number of hydrogen-bond donors (Lipinski definition) is 2. The number of nitrogens with two attached hydrogens (primary N) is 1. The molecule has 66 valence electrons. The van der Waals surface area contributed by atoms with Gasteiger partial charge in [0.15, 0.2) is 12.1 Å². The van der Waals surface area contributed by atoms with E-state index in [2.05, 4.69) is 14.7 Å². The second kappa shape index (κ2) is 4.50. The topological polar surface area (TPSA) is 81.1 Å². The van der Waals surface area contributed by atoms with Gasteiger partial charge in [0.05, 0.1) is 0 Å². The Morgan fingerprint density at radius 3 is 3.17 bits per heavy atom. The van der Waals surface area contributed by atoms with Crippen LogP contribution in [0.3, 0.4) is 0 Å². The summed E-state index contributed by atoms with van der Waals surface area (Å²) in [6, 6.07) is 0. The largest absolute Gasteiger partial charge is 0.451 e. The van der Waals surface area contributed by atoms with Gasteiger partial charge in [0, 0.05) is 6.54 Å². The smallest absolute Gasteiger partial charge is 0.273 e. The molecule has 5 heteroatoms. The summed E-state index contributed by atoms with van der Waals surface area (Å²) in [6.07, 6.45) is 3.29. The lowest BCUT2D eigenvalue weighted by molar-refractivity contribution is 0.0948. The molecule has 5 nitrogen and oxygen atoms in total. The number of amides is 1. The first-order valence-electron chi connectivity index (χ1n) is 3.71. The van der Waals surface area contributed by atoms with E-state index in [0.717, 1.165) is 6.42 Å². The fourth-order valence-electron chi connectivity index (χ4n) is 0.719. The second-order valence-corrected chi connectivity index (χ2v) is 2.27. The summed E-state index contributed by atoms with van der Waals surface area (Å²) < 4.78 is 4.65. The molecule has 0 unspecified atom stereocenters. The summed E-state index contributed by atoms with van der Waals surface area (Å²) in [7, 11) is 0. The van der Waals surface area contributed by atoms with Crippen molar-refractivity contribution in [1.29, 1.82) is 0 Å². The molecule has 0 saturated heterocycles. The fraction of sp³-hybridized carbons (Fsp3) is 0.429. The molecule has 0 radical (unpaired) electrons. The van der Waals surface area contributed by atoms with Gasteiger partial charge in [0.2, 0.25) is 0 Å². The molecule has 0 aliphatic rings. The van der Waals surface area contributed by atoms with Crippen LogP contribution in [0.2, 0.25) is 0 Å². The van der Waals surface area contributed by atoms with Gasteiger partial charge in [-0.05, 0) is 13.0 Å². The van der Waals surface area contributed by atoms with Crippen LogP contribution in [0.1, 0.15) is 16.9 Å². The quantitative estimate of drug-likeness (QED) is 0.609. The molecule has 0 spiro atoms. The van der Waals surface area contributed by atoms with Gasteiger partial charge >= 0.3 is 0 Å². The average molecular weight is 169 g/mol. The molecule has 0 aliphatic carbocycles. The number of carbonyl (C=O) groups is 1. The first-order valence-corrected chi connectivity index (χ1v) is 3.71. The van der Waals surface area contributed by atoms with E-state index in [0.29, 0.717) is 18.8 Å². The van der Waals surface area contributed by atoms with Crippen LogP contribution in [-0.4, -0.2) is 24.0 Å². The minimum atomic E-state index is -0.225. The van der Waals surface area contributed by atoms with Gasteiger partial charge in [-0.15, -0.1) is 0 Å². The van der Waals surface area contributed by atoms with Crippen LogP contribution in [0.5, 0.6) is 0 Å². The molecule has 0 atom stereocenters. The van der Waals surface area contributed by atoms with Gasteiger partial charge in [-0.2, -0.15) is 0 Å². The lowest BCUT2D eigenvalue weighted by atomic mass is 10.4. The molecule has 0 aromatic carbocycles. The number of carbonyl (C=O) groups excluding carboxylic acids is 1. The number of oxazole rings is 1. The second-order valence-electron chi connectivity index (χ2n) is 2.27. The van der Waals surface area contributed by atoms with E-state index in [-0.39, 0.29) is 5.91 Å². The molecule has 12 heavy (non-hydrogen) atoms. The number of nitrogens with zero attached hydrogens (tertiary/aromatic N) is 1. The Labute approximate surface area is 70.0 Å². The van der Waals surface area contributed by atoms with Crippen molar-refractivity contribution in [2.75, 3.05) is 13.1 Å². The lowest BCUT2D eigenvalue weighted by Crippen LogP contribution is -2.26. The maximum Gasteiger partial charge on any atom is 0.273 e. The van der Waals surface area contributed by atoms with Gasteiger partial charge < -0.3 is 15.5 Å². The Kier molecular flexibility index (Phi) is 3.28. The van der Waals surface area contributed by atoms with Crippen molar-refractivity contribution in [1.82, 2.24) is 10.3 Å². The average Bonchev–Trinajstić information content (AvgIpc) is 2.56. The van der Waals surface area contributed by atoms with E-state index in [4.69, 9.17) is 5.73 Å². The van der Waals surface area contributed by atoms with Crippen LogP contribution < -0.4 is 11.1 Å². The first-order chi connectivity index (χ1) is 5.84. The van der Waals surface area contributed by atoms with Crippen molar-refractivity contribution in [3.05, 3.63) is 18.4 Å². The highest BCUT2D eigenvalue weighted by molar-refractivity contribution is 5.91. The highest BCUT2D eigenvalue weighted by Crippen LogP contribution is 1.92. The van der Waals surface area contributed by atoms with Crippen molar-refractivity contribution >= 4 is 5.91 Å². The molecule has 0 fully saturated rings. The molecule has 1 aromatic rings. The Bertz CT molecular complexity index is 233. The van der Waals surface area contributed by atoms with E-state index in [1.165, 1.54) is 12.7 Å². The molecule has 0 bridgehead atoms. The third kappa shape index (κ3) is 2.35. The predicted molar refractivity (Wildman–Crippen MR) is 42.5 cm³/mol. The highest BCUT2D eigenvalue weighted by atomic mass is 16.3. The Hall–Kier alpha value is -1.36. The van der Waals surface area contributed by atoms with E-state index >= 15 is 0 Å². The molecule has 3 N–H and O–H groups in total. The Balaban J connectivity index is 2.30. The minimum Gasteiger partial charge on any atom is -0.451 e. The molecule has 0 saturated carbocycles. The lowest BCUT2D eigenvalue weighted by Gasteiger charge is -1.99. The van der Waals surface area contributed by atoms with Crippen LogP contribution in [0.25, 0.3) is 0 Å². The summed E-state index contributed by atoms with van der Waals surface area (Å²) in [6.45, 7) is 1.14. The molecule has 1 amide bonds. The molecule has 1 heterocycles. The normalized spacial score (nSPS) is 9.75. The zero-order chi connectivity index (χ0) is 8.81. The highest BCUT2D eigenvalue weighted by Gasteiger charge is 2.06. The van der Waals surface area contributed by atoms with Crippen molar-refractivity contribution in [2.45, 2.75) is 6.42 Å². The monoisotopic (exact) mass is 169 g/mol. The molecular weight excluding hydrogens is 158 g/mol. The SMILES string of the molecule is NCCCNC(=O)c1cocn1. The first kappa shape index (κ1) is 8.73. The zero-order valence-corrected chi connectivity index (χ0v) is 6.62. The van der Waals surface area contributed by atoms with Crippen LogP contribution in [0, 0.1) is 0 Å². The van der Waals surface area contributed by atoms with Crippen molar-refractivity contribution in [3.63, 3.8) is 0 Å². The van der Waals surface area contributed by atoms with Crippen LogP contribution >= 0.6 is 0 Å². The maximum absolute atomic E-state index is 11.1. The Morgan fingerprint density at radius 1 is 1.75 bits per heavy atom. The third-order valence-corrected chi connectivity index (χ3v) is 1.33. The molecular formula is C7H11N3O2. The van der Waals surface area contributed by atoms with E-state index < -0.39 is 0 Å². The summed E-state index contributed by atoms with van der Waals surface area (Å²) >= 11 is 0. The summed E-state index contributed by atoms with van der Waals surface area (Å²) in [5, 5.41) is 2.64. The summed E-state index contributed by atoms with van der Waals surface area (Å²) in [4.78, 5) is 14.8. The summed E-state index contributed by atoms with van der Waals surface area (Å²) in [5.74, 6) is -0.225.